The van der Waals surface area contributed by atoms with Crippen molar-refractivity contribution in [3.63, 3.8) is 0 Å². The van der Waals surface area contributed by atoms with E-state index in [0.29, 0.717) is 5.56 Å². The summed E-state index contributed by atoms with van der Waals surface area (Å²) in [6, 6.07) is 4.96. The van der Waals surface area contributed by atoms with E-state index in [2.05, 4.69) is 22.6 Å². The molecule has 0 saturated heterocycles. The third kappa shape index (κ3) is 3.04. The van der Waals surface area contributed by atoms with Crippen molar-refractivity contribution in [2.75, 3.05) is 6.54 Å². The number of benzene rings is 1. The topological polar surface area (TPSA) is 42.7 Å². The van der Waals surface area contributed by atoms with E-state index in [1.165, 1.54) is 6.07 Å². The Morgan fingerprint density at radius 3 is 2.85 bits per heavy atom. The van der Waals surface area contributed by atoms with Gasteiger partial charge in [0.15, 0.2) is 0 Å². The van der Waals surface area contributed by atoms with Crippen molar-refractivity contribution in [2.24, 2.45) is 0 Å². The second-order valence-electron chi connectivity index (χ2n) is 4.90. The van der Waals surface area contributed by atoms with E-state index in [4.69, 9.17) is 0 Å². The molecule has 0 aliphatic heterocycles. The van der Waals surface area contributed by atoms with Gasteiger partial charge in [-0.1, -0.05) is 36.8 Å². The van der Waals surface area contributed by atoms with Crippen LogP contribution in [-0.2, 0) is 6.54 Å². The highest BCUT2D eigenvalue weighted by Crippen LogP contribution is 2.25. The first-order chi connectivity index (χ1) is 9.67. The van der Waals surface area contributed by atoms with E-state index in [1.807, 2.05) is 24.6 Å². The number of rotatable bonds is 6. The van der Waals surface area contributed by atoms with E-state index in [1.54, 1.807) is 12.3 Å². The third-order valence-electron chi connectivity index (χ3n) is 3.25. The highest BCUT2D eigenvalue weighted by molar-refractivity contribution is 5.31. The molecule has 0 aliphatic carbocycles. The Labute approximate surface area is 119 Å². The second-order valence-corrected chi connectivity index (χ2v) is 4.90. The number of nitrogens with zero attached hydrogens (tertiary/aromatic N) is 3. The quantitative estimate of drug-likeness (QED) is 0.882. The molecule has 1 N–H and O–H groups in total. The molecule has 2 rings (SSSR count). The molecule has 1 heterocycles. The molecule has 1 unspecified atom stereocenters. The summed E-state index contributed by atoms with van der Waals surface area (Å²) in [5, 5.41) is 11.4. The normalized spacial score (nSPS) is 12.6. The van der Waals surface area contributed by atoms with Gasteiger partial charge in [-0.3, -0.25) is 0 Å². The lowest BCUT2D eigenvalue weighted by Crippen LogP contribution is -2.26. The van der Waals surface area contributed by atoms with Crippen LogP contribution in [0.25, 0.3) is 0 Å². The SMILES string of the molecule is CCCn1nncc1C(NCC)c1cc(C)ccc1F. The Morgan fingerprint density at radius 2 is 2.15 bits per heavy atom. The molecule has 1 aromatic heterocycles. The summed E-state index contributed by atoms with van der Waals surface area (Å²) in [5.41, 5.74) is 2.59. The average Bonchev–Trinajstić information content (AvgIpc) is 2.88. The molecule has 0 fully saturated rings. The Kier molecular flexibility index (Phi) is 4.84. The summed E-state index contributed by atoms with van der Waals surface area (Å²) in [6.45, 7) is 7.59. The van der Waals surface area contributed by atoms with Crippen LogP contribution in [-0.4, -0.2) is 21.5 Å². The average molecular weight is 276 g/mol. The maximum Gasteiger partial charge on any atom is 0.128 e. The van der Waals surface area contributed by atoms with E-state index < -0.39 is 0 Å². The lowest BCUT2D eigenvalue weighted by atomic mass is 10.0. The summed E-state index contributed by atoms with van der Waals surface area (Å²) in [7, 11) is 0. The van der Waals surface area contributed by atoms with Crippen molar-refractivity contribution < 1.29 is 4.39 Å². The lowest BCUT2D eigenvalue weighted by Gasteiger charge is -2.20. The van der Waals surface area contributed by atoms with Gasteiger partial charge in [0.2, 0.25) is 0 Å². The maximum atomic E-state index is 14.2. The molecule has 0 aliphatic rings. The minimum atomic E-state index is -0.221. The first-order valence-electron chi connectivity index (χ1n) is 7.05. The van der Waals surface area contributed by atoms with Gasteiger partial charge in [0.1, 0.15) is 5.82 Å². The fourth-order valence-corrected chi connectivity index (χ4v) is 2.34. The molecule has 108 valence electrons. The van der Waals surface area contributed by atoms with Crippen molar-refractivity contribution in [3.8, 4) is 0 Å². The largest absolute Gasteiger partial charge is 0.305 e. The first-order valence-corrected chi connectivity index (χ1v) is 7.05. The minimum absolute atomic E-state index is 0.203. The maximum absolute atomic E-state index is 14.2. The molecule has 1 aromatic carbocycles. The number of aryl methyl sites for hydroxylation is 2. The Morgan fingerprint density at radius 1 is 1.35 bits per heavy atom. The minimum Gasteiger partial charge on any atom is -0.305 e. The van der Waals surface area contributed by atoms with Gasteiger partial charge in [-0.15, -0.1) is 5.10 Å². The summed E-state index contributed by atoms with van der Waals surface area (Å²) in [5.74, 6) is -0.203. The molecule has 2 aromatic rings. The number of hydrogen-bond donors (Lipinski definition) is 1. The number of nitrogens with one attached hydrogen (secondary N) is 1. The van der Waals surface area contributed by atoms with E-state index >= 15 is 0 Å². The lowest BCUT2D eigenvalue weighted by molar-refractivity contribution is 0.496. The van der Waals surface area contributed by atoms with Crippen LogP contribution < -0.4 is 5.32 Å². The zero-order valence-corrected chi connectivity index (χ0v) is 12.2. The fraction of sp³-hybridized carbons (Fsp3) is 0.467. The predicted molar refractivity (Wildman–Crippen MR) is 77.0 cm³/mol. The summed E-state index contributed by atoms with van der Waals surface area (Å²) < 4.78 is 16.0. The van der Waals surface area contributed by atoms with Gasteiger partial charge in [-0.05, 0) is 26.0 Å². The van der Waals surface area contributed by atoms with E-state index in [9.17, 15) is 4.39 Å². The molecule has 0 bridgehead atoms. The molecule has 5 heteroatoms. The molecule has 0 spiro atoms. The monoisotopic (exact) mass is 276 g/mol. The van der Waals surface area contributed by atoms with Crippen molar-refractivity contribution in [2.45, 2.75) is 39.8 Å². The highest BCUT2D eigenvalue weighted by atomic mass is 19.1. The van der Waals surface area contributed by atoms with Crippen LogP contribution in [0, 0.1) is 12.7 Å². The molecule has 0 radical (unpaired) electrons. The molecule has 1 atom stereocenters. The van der Waals surface area contributed by atoms with E-state index in [-0.39, 0.29) is 11.9 Å². The van der Waals surface area contributed by atoms with Gasteiger partial charge in [-0.2, -0.15) is 0 Å². The van der Waals surface area contributed by atoms with Crippen molar-refractivity contribution >= 4 is 0 Å². The van der Waals surface area contributed by atoms with Gasteiger partial charge >= 0.3 is 0 Å². The molecule has 20 heavy (non-hydrogen) atoms. The number of halogens is 1. The molecule has 4 nitrogen and oxygen atoms in total. The van der Waals surface area contributed by atoms with E-state index in [0.717, 1.165) is 30.8 Å². The highest BCUT2D eigenvalue weighted by Gasteiger charge is 2.21. The van der Waals surface area contributed by atoms with Crippen LogP contribution in [0.15, 0.2) is 24.4 Å². The van der Waals surface area contributed by atoms with Crippen molar-refractivity contribution in [1.82, 2.24) is 20.3 Å². The molecule has 0 saturated carbocycles. The van der Waals surface area contributed by atoms with Gasteiger partial charge < -0.3 is 5.32 Å². The van der Waals surface area contributed by atoms with Crippen LogP contribution in [0.4, 0.5) is 4.39 Å². The van der Waals surface area contributed by atoms with Crippen LogP contribution >= 0.6 is 0 Å². The number of hydrogen-bond acceptors (Lipinski definition) is 3. The van der Waals surface area contributed by atoms with Gasteiger partial charge in [0.25, 0.3) is 0 Å². The van der Waals surface area contributed by atoms with Crippen LogP contribution in [0.5, 0.6) is 0 Å². The summed E-state index contributed by atoms with van der Waals surface area (Å²) >= 11 is 0. The van der Waals surface area contributed by atoms with Gasteiger partial charge in [0, 0.05) is 12.1 Å². The predicted octanol–water partition coefficient (Wildman–Crippen LogP) is 2.83. The molecular weight excluding hydrogens is 255 g/mol. The smallest absolute Gasteiger partial charge is 0.128 e. The zero-order valence-electron chi connectivity index (χ0n) is 12.2. The van der Waals surface area contributed by atoms with Crippen LogP contribution in [0.1, 0.15) is 43.1 Å². The van der Waals surface area contributed by atoms with Crippen molar-refractivity contribution in [1.29, 1.82) is 0 Å². The fourth-order valence-electron chi connectivity index (χ4n) is 2.34. The zero-order chi connectivity index (χ0) is 14.5. The number of aromatic nitrogens is 3. The summed E-state index contributed by atoms with van der Waals surface area (Å²) in [6.07, 6.45) is 2.68. The third-order valence-corrected chi connectivity index (χ3v) is 3.25. The van der Waals surface area contributed by atoms with Gasteiger partial charge in [0.05, 0.1) is 17.9 Å². The second kappa shape index (κ2) is 6.61. The molecular formula is C15H21FN4. The Bertz CT molecular complexity index is 565. The van der Waals surface area contributed by atoms with Crippen LogP contribution in [0.2, 0.25) is 0 Å². The van der Waals surface area contributed by atoms with Crippen molar-refractivity contribution in [3.05, 3.63) is 47.0 Å². The van der Waals surface area contributed by atoms with Crippen LogP contribution in [0.3, 0.4) is 0 Å². The van der Waals surface area contributed by atoms with Gasteiger partial charge in [-0.25, -0.2) is 9.07 Å². The molecule has 0 amide bonds. The Hall–Kier alpha value is -1.75. The first kappa shape index (κ1) is 14.7. The summed E-state index contributed by atoms with van der Waals surface area (Å²) in [4.78, 5) is 0. The standard InChI is InChI=1S/C15H21FN4/c1-4-8-20-14(10-18-19-20)15(17-5-2)12-9-11(3)6-7-13(12)16/h6-7,9-10,15,17H,4-5,8H2,1-3H3. The Balaban J connectivity index is 2.44.